The number of H-pyrrole nitrogens is 1. The SMILES string of the molecule is Nc1cnn2c(=O)[nH]cnc12. The number of anilines is 1. The summed E-state index contributed by atoms with van der Waals surface area (Å²) in [6, 6.07) is 0. The molecule has 0 saturated heterocycles. The van der Waals surface area contributed by atoms with Crippen LogP contribution in [0.2, 0.25) is 0 Å². The molecule has 0 atom stereocenters. The summed E-state index contributed by atoms with van der Waals surface area (Å²) in [6.45, 7) is 0. The highest BCUT2D eigenvalue weighted by molar-refractivity contribution is 5.62. The molecule has 0 fully saturated rings. The van der Waals surface area contributed by atoms with Crippen molar-refractivity contribution in [2.24, 2.45) is 0 Å². The first-order valence-corrected chi connectivity index (χ1v) is 2.96. The summed E-state index contributed by atoms with van der Waals surface area (Å²) in [5.41, 5.74) is 5.89. The lowest BCUT2D eigenvalue weighted by Crippen LogP contribution is -2.17. The van der Waals surface area contributed by atoms with Gasteiger partial charge in [0.1, 0.15) is 0 Å². The lowest BCUT2D eigenvalue weighted by Gasteiger charge is -1.88. The highest BCUT2D eigenvalue weighted by Gasteiger charge is 2.01. The van der Waals surface area contributed by atoms with E-state index in [2.05, 4.69) is 15.1 Å². The van der Waals surface area contributed by atoms with Crippen LogP contribution in [0.1, 0.15) is 0 Å². The molecule has 0 unspecified atom stereocenters. The number of rotatable bonds is 0. The zero-order valence-electron chi connectivity index (χ0n) is 5.48. The van der Waals surface area contributed by atoms with E-state index in [-0.39, 0.29) is 5.69 Å². The molecule has 6 heteroatoms. The number of aromatic amines is 1. The fourth-order valence-electron chi connectivity index (χ4n) is 0.842. The number of aromatic nitrogens is 4. The smallest absolute Gasteiger partial charge is 0.349 e. The topological polar surface area (TPSA) is 89.1 Å². The first-order valence-electron chi connectivity index (χ1n) is 2.96. The van der Waals surface area contributed by atoms with E-state index < -0.39 is 0 Å². The second kappa shape index (κ2) is 1.82. The van der Waals surface area contributed by atoms with Crippen LogP contribution >= 0.6 is 0 Å². The Labute approximate surface area is 60.7 Å². The number of nitrogens with two attached hydrogens (primary N) is 1. The molecule has 0 saturated carbocycles. The maximum atomic E-state index is 10.9. The van der Waals surface area contributed by atoms with Gasteiger partial charge in [-0.15, -0.1) is 0 Å². The summed E-state index contributed by atoms with van der Waals surface area (Å²) in [5, 5.41) is 3.70. The average molecular weight is 151 g/mol. The number of nitrogen functional groups attached to an aromatic ring is 1. The predicted molar refractivity (Wildman–Crippen MR) is 38.0 cm³/mol. The Bertz CT molecular complexity index is 441. The van der Waals surface area contributed by atoms with Crippen LogP contribution in [0, 0.1) is 0 Å². The second-order valence-corrected chi connectivity index (χ2v) is 2.04. The second-order valence-electron chi connectivity index (χ2n) is 2.04. The highest BCUT2D eigenvalue weighted by Crippen LogP contribution is 2.03. The molecular weight excluding hydrogens is 146 g/mol. The monoisotopic (exact) mass is 151 g/mol. The summed E-state index contributed by atoms with van der Waals surface area (Å²) in [7, 11) is 0. The third kappa shape index (κ3) is 0.689. The Morgan fingerprint density at radius 2 is 2.45 bits per heavy atom. The molecule has 0 aliphatic carbocycles. The van der Waals surface area contributed by atoms with Crippen molar-refractivity contribution in [1.29, 1.82) is 0 Å². The van der Waals surface area contributed by atoms with E-state index in [1.165, 1.54) is 12.5 Å². The maximum Gasteiger partial charge on any atom is 0.349 e. The van der Waals surface area contributed by atoms with Crippen molar-refractivity contribution in [2.75, 3.05) is 5.73 Å². The minimum atomic E-state index is -0.341. The zero-order chi connectivity index (χ0) is 7.84. The van der Waals surface area contributed by atoms with E-state index in [1.54, 1.807) is 0 Å². The Morgan fingerprint density at radius 3 is 3.18 bits per heavy atom. The summed E-state index contributed by atoms with van der Waals surface area (Å²) in [6.07, 6.45) is 2.67. The van der Waals surface area contributed by atoms with Crippen molar-refractivity contribution in [3.05, 3.63) is 23.0 Å². The molecule has 0 aromatic carbocycles. The van der Waals surface area contributed by atoms with Crippen LogP contribution < -0.4 is 11.4 Å². The van der Waals surface area contributed by atoms with Crippen LogP contribution in [0.25, 0.3) is 5.65 Å². The fraction of sp³-hybridized carbons (Fsp3) is 0. The van der Waals surface area contributed by atoms with Crippen LogP contribution in [-0.2, 0) is 0 Å². The zero-order valence-corrected chi connectivity index (χ0v) is 5.48. The molecule has 0 aliphatic heterocycles. The Balaban J connectivity index is 3.06. The van der Waals surface area contributed by atoms with E-state index in [0.29, 0.717) is 11.3 Å². The normalized spacial score (nSPS) is 10.5. The van der Waals surface area contributed by atoms with E-state index in [4.69, 9.17) is 5.73 Å². The molecule has 0 radical (unpaired) electrons. The number of hydrogen-bond donors (Lipinski definition) is 2. The fourth-order valence-corrected chi connectivity index (χ4v) is 0.842. The third-order valence-electron chi connectivity index (χ3n) is 1.34. The van der Waals surface area contributed by atoms with Crippen molar-refractivity contribution in [3.8, 4) is 0 Å². The van der Waals surface area contributed by atoms with Crippen LogP contribution in [-0.4, -0.2) is 19.6 Å². The van der Waals surface area contributed by atoms with Gasteiger partial charge in [-0.05, 0) is 0 Å². The molecule has 2 aromatic rings. The largest absolute Gasteiger partial charge is 0.394 e. The number of hydrogen-bond acceptors (Lipinski definition) is 4. The minimum Gasteiger partial charge on any atom is -0.394 e. The van der Waals surface area contributed by atoms with Crippen LogP contribution in [0.5, 0.6) is 0 Å². The van der Waals surface area contributed by atoms with E-state index >= 15 is 0 Å². The molecule has 56 valence electrons. The van der Waals surface area contributed by atoms with E-state index in [9.17, 15) is 4.79 Å². The molecule has 3 N–H and O–H groups in total. The van der Waals surface area contributed by atoms with Gasteiger partial charge >= 0.3 is 5.69 Å². The van der Waals surface area contributed by atoms with E-state index in [0.717, 1.165) is 4.52 Å². The standard InChI is InChI=1S/C5H5N5O/c6-3-1-9-10-4(3)7-2-8-5(10)11/h1-2H,6H2,(H,7,8,11). The van der Waals surface area contributed by atoms with Crippen molar-refractivity contribution in [3.63, 3.8) is 0 Å². The number of nitrogens with zero attached hydrogens (tertiary/aromatic N) is 3. The van der Waals surface area contributed by atoms with Crippen molar-refractivity contribution < 1.29 is 0 Å². The molecule has 2 heterocycles. The summed E-state index contributed by atoms with van der Waals surface area (Å²) in [5.74, 6) is 0. The van der Waals surface area contributed by atoms with Crippen molar-refractivity contribution >= 4 is 11.3 Å². The Morgan fingerprint density at radius 1 is 1.64 bits per heavy atom. The average Bonchev–Trinajstić information content (AvgIpc) is 2.35. The summed E-state index contributed by atoms with van der Waals surface area (Å²) < 4.78 is 1.11. The first kappa shape index (κ1) is 5.90. The van der Waals surface area contributed by atoms with Gasteiger partial charge in [0.25, 0.3) is 0 Å². The van der Waals surface area contributed by atoms with E-state index in [1.807, 2.05) is 0 Å². The Hall–Kier alpha value is -1.85. The molecular formula is C5H5N5O. The molecule has 0 aliphatic rings. The van der Waals surface area contributed by atoms with Crippen LogP contribution in [0.15, 0.2) is 17.3 Å². The van der Waals surface area contributed by atoms with Crippen molar-refractivity contribution in [1.82, 2.24) is 19.6 Å². The third-order valence-corrected chi connectivity index (χ3v) is 1.34. The lowest BCUT2D eigenvalue weighted by molar-refractivity contribution is 0.840. The van der Waals surface area contributed by atoms with Gasteiger partial charge < -0.3 is 5.73 Å². The molecule has 2 rings (SSSR count). The van der Waals surface area contributed by atoms with Crippen LogP contribution in [0.4, 0.5) is 5.69 Å². The summed E-state index contributed by atoms with van der Waals surface area (Å²) in [4.78, 5) is 17.1. The number of nitrogens with one attached hydrogen (secondary N) is 1. The number of fused-ring (bicyclic) bond motifs is 1. The van der Waals surface area contributed by atoms with Crippen LogP contribution in [0.3, 0.4) is 0 Å². The van der Waals surface area contributed by atoms with Gasteiger partial charge in [-0.1, -0.05) is 0 Å². The first-order chi connectivity index (χ1) is 5.29. The molecule has 0 amide bonds. The van der Waals surface area contributed by atoms with Gasteiger partial charge in [0.05, 0.1) is 18.2 Å². The Kier molecular flexibility index (Phi) is 0.974. The lowest BCUT2D eigenvalue weighted by atomic mass is 10.6. The molecule has 6 nitrogen and oxygen atoms in total. The molecule has 11 heavy (non-hydrogen) atoms. The maximum absolute atomic E-state index is 10.9. The van der Waals surface area contributed by atoms with Crippen molar-refractivity contribution in [2.45, 2.75) is 0 Å². The van der Waals surface area contributed by atoms with Gasteiger partial charge in [-0.25, -0.2) is 9.78 Å². The van der Waals surface area contributed by atoms with Gasteiger partial charge in [0, 0.05) is 0 Å². The molecule has 0 bridgehead atoms. The summed E-state index contributed by atoms with van der Waals surface area (Å²) >= 11 is 0. The molecule has 2 aromatic heterocycles. The van der Waals surface area contributed by atoms with Gasteiger partial charge in [0.15, 0.2) is 5.65 Å². The molecule has 0 spiro atoms. The minimum absolute atomic E-state index is 0.341. The van der Waals surface area contributed by atoms with Gasteiger partial charge in [-0.2, -0.15) is 9.61 Å². The quantitative estimate of drug-likeness (QED) is 0.505. The predicted octanol–water partition coefficient (Wildman–Crippen LogP) is -1.00. The van der Waals surface area contributed by atoms with Gasteiger partial charge in [0.2, 0.25) is 0 Å². The van der Waals surface area contributed by atoms with Gasteiger partial charge in [-0.3, -0.25) is 4.98 Å². The highest BCUT2D eigenvalue weighted by atomic mass is 16.1.